The van der Waals surface area contributed by atoms with Crippen LogP contribution >= 0.6 is 11.6 Å². The van der Waals surface area contributed by atoms with Gasteiger partial charge in [-0.05, 0) is 36.1 Å². The molecule has 7 heteroatoms. The summed E-state index contributed by atoms with van der Waals surface area (Å²) in [5.74, 6) is 0.0492. The van der Waals surface area contributed by atoms with Gasteiger partial charge in [-0.3, -0.25) is 9.10 Å². The summed E-state index contributed by atoms with van der Waals surface area (Å²) in [6.45, 7) is 2.44. The van der Waals surface area contributed by atoms with Crippen LogP contribution in [0, 0.1) is 0 Å². The van der Waals surface area contributed by atoms with E-state index >= 15 is 0 Å². The van der Waals surface area contributed by atoms with Gasteiger partial charge in [-0.15, -0.1) is 0 Å². The fourth-order valence-electron chi connectivity index (χ4n) is 3.07. The molecule has 0 aromatic heterocycles. The van der Waals surface area contributed by atoms with E-state index in [2.05, 4.69) is 5.32 Å². The largest absolute Gasteiger partial charge is 0.325 e. The van der Waals surface area contributed by atoms with Gasteiger partial charge >= 0.3 is 0 Å². The molecule has 3 rings (SSSR count). The molecule has 1 aliphatic heterocycles. The van der Waals surface area contributed by atoms with E-state index in [9.17, 15) is 13.2 Å². The first kappa shape index (κ1) is 18.7. The normalized spacial score (nSPS) is 17.1. The van der Waals surface area contributed by atoms with E-state index in [4.69, 9.17) is 11.6 Å². The molecule has 2 aromatic carbocycles. The highest BCUT2D eigenvalue weighted by molar-refractivity contribution is 7.93. The number of rotatable bonds is 5. The summed E-state index contributed by atoms with van der Waals surface area (Å²) in [6.07, 6.45) is 0.911. The summed E-state index contributed by atoms with van der Waals surface area (Å²) in [5, 5.41) is 3.19. The van der Waals surface area contributed by atoms with Crippen LogP contribution in [-0.4, -0.2) is 26.6 Å². The molecule has 1 unspecified atom stereocenters. The average molecular weight is 393 g/mol. The number of anilines is 2. The molecule has 1 aliphatic rings. The Labute approximate surface area is 159 Å². The summed E-state index contributed by atoms with van der Waals surface area (Å²) in [6, 6.07) is 14.7. The monoisotopic (exact) mass is 392 g/mol. The molecule has 1 fully saturated rings. The minimum atomic E-state index is -3.28. The Morgan fingerprint density at radius 1 is 1.23 bits per heavy atom. The lowest BCUT2D eigenvalue weighted by molar-refractivity contribution is -0.116. The number of hydrogen-bond acceptors (Lipinski definition) is 3. The number of halogens is 1. The lowest BCUT2D eigenvalue weighted by Gasteiger charge is -2.19. The van der Waals surface area contributed by atoms with Crippen LogP contribution in [0.5, 0.6) is 0 Å². The molecule has 138 valence electrons. The van der Waals surface area contributed by atoms with E-state index < -0.39 is 10.0 Å². The van der Waals surface area contributed by atoms with Gasteiger partial charge in [-0.2, -0.15) is 0 Å². The third kappa shape index (κ3) is 4.19. The Hall–Kier alpha value is -2.05. The zero-order valence-corrected chi connectivity index (χ0v) is 16.1. The van der Waals surface area contributed by atoms with E-state index in [-0.39, 0.29) is 17.6 Å². The van der Waals surface area contributed by atoms with E-state index in [1.165, 1.54) is 4.31 Å². The second-order valence-corrected chi connectivity index (χ2v) is 8.89. The van der Waals surface area contributed by atoms with Gasteiger partial charge in [0.1, 0.15) is 0 Å². The van der Waals surface area contributed by atoms with Gasteiger partial charge < -0.3 is 5.32 Å². The zero-order valence-electron chi connectivity index (χ0n) is 14.5. The highest BCUT2D eigenvalue weighted by atomic mass is 35.5. The van der Waals surface area contributed by atoms with Crippen molar-refractivity contribution in [3.8, 4) is 0 Å². The molecule has 1 heterocycles. The maximum Gasteiger partial charge on any atom is 0.235 e. The number of nitrogens with zero attached hydrogens (tertiary/aromatic N) is 1. The van der Waals surface area contributed by atoms with E-state index in [1.807, 2.05) is 37.3 Å². The first-order valence-electron chi connectivity index (χ1n) is 8.51. The average Bonchev–Trinajstić information content (AvgIpc) is 2.97. The van der Waals surface area contributed by atoms with Crippen LogP contribution in [0.1, 0.15) is 31.2 Å². The van der Waals surface area contributed by atoms with Crippen LogP contribution in [0.3, 0.4) is 0 Å². The van der Waals surface area contributed by atoms with Gasteiger partial charge in [-0.25, -0.2) is 8.42 Å². The summed E-state index contributed by atoms with van der Waals surface area (Å²) < 4.78 is 25.5. The van der Waals surface area contributed by atoms with Crippen LogP contribution in [0.4, 0.5) is 11.4 Å². The number of sulfonamides is 1. The maximum absolute atomic E-state index is 12.4. The van der Waals surface area contributed by atoms with Crippen molar-refractivity contribution in [2.75, 3.05) is 21.9 Å². The van der Waals surface area contributed by atoms with Crippen LogP contribution in [0.15, 0.2) is 48.5 Å². The van der Waals surface area contributed by atoms with Crippen molar-refractivity contribution in [1.29, 1.82) is 0 Å². The zero-order chi connectivity index (χ0) is 18.7. The fourth-order valence-corrected chi connectivity index (χ4v) is 4.79. The Morgan fingerprint density at radius 3 is 2.62 bits per heavy atom. The topological polar surface area (TPSA) is 66.5 Å². The second-order valence-electron chi connectivity index (χ2n) is 6.47. The van der Waals surface area contributed by atoms with E-state index in [0.717, 1.165) is 5.56 Å². The van der Waals surface area contributed by atoms with Crippen LogP contribution in [-0.2, 0) is 14.8 Å². The predicted octanol–water partition coefficient (Wildman–Crippen LogP) is 4.01. The fraction of sp³-hybridized carbons (Fsp3) is 0.316. The number of hydrogen-bond donors (Lipinski definition) is 1. The molecule has 5 nitrogen and oxygen atoms in total. The number of carbonyl (C=O) groups excluding carboxylic acids is 1. The molecule has 1 amide bonds. The van der Waals surface area contributed by atoms with Crippen molar-refractivity contribution in [2.45, 2.75) is 25.7 Å². The molecule has 2 aromatic rings. The summed E-state index contributed by atoms with van der Waals surface area (Å²) in [5.41, 5.74) is 2.04. The van der Waals surface area contributed by atoms with Crippen LogP contribution in [0.25, 0.3) is 0 Å². The summed E-state index contributed by atoms with van der Waals surface area (Å²) in [4.78, 5) is 12.4. The predicted molar refractivity (Wildman–Crippen MR) is 105 cm³/mol. The van der Waals surface area contributed by atoms with Gasteiger partial charge in [0.25, 0.3) is 0 Å². The van der Waals surface area contributed by atoms with Crippen molar-refractivity contribution in [3.05, 3.63) is 59.1 Å². The number of benzene rings is 2. The second kappa shape index (κ2) is 7.68. The number of nitrogens with one attached hydrogen (secondary N) is 1. The molecular formula is C19H21ClN2O3S. The lowest BCUT2D eigenvalue weighted by atomic mass is 9.97. The van der Waals surface area contributed by atoms with Crippen LogP contribution < -0.4 is 9.62 Å². The Kier molecular flexibility index (Phi) is 5.53. The van der Waals surface area contributed by atoms with E-state index in [1.54, 1.807) is 18.2 Å². The van der Waals surface area contributed by atoms with E-state index in [0.29, 0.717) is 35.8 Å². The van der Waals surface area contributed by atoms with Gasteiger partial charge in [0.2, 0.25) is 15.9 Å². The van der Waals surface area contributed by atoms with Crippen molar-refractivity contribution >= 4 is 38.9 Å². The highest BCUT2D eigenvalue weighted by Crippen LogP contribution is 2.31. The molecule has 0 radical (unpaired) electrons. The first-order valence-corrected chi connectivity index (χ1v) is 10.5. The highest BCUT2D eigenvalue weighted by Gasteiger charge is 2.28. The molecule has 26 heavy (non-hydrogen) atoms. The molecular weight excluding hydrogens is 372 g/mol. The van der Waals surface area contributed by atoms with Crippen molar-refractivity contribution in [1.82, 2.24) is 0 Å². The molecule has 0 spiro atoms. The Morgan fingerprint density at radius 2 is 1.96 bits per heavy atom. The molecule has 0 aliphatic carbocycles. The summed E-state index contributed by atoms with van der Waals surface area (Å²) in [7, 11) is -3.28. The number of amides is 1. The van der Waals surface area contributed by atoms with Gasteiger partial charge in [0, 0.05) is 13.0 Å². The third-order valence-electron chi connectivity index (χ3n) is 4.47. The SMILES string of the molecule is CC(CC(=O)Nc1cc(N2CCCS2(=O)=O)ccc1Cl)c1ccccc1. The minimum absolute atomic E-state index is 0.0668. The molecule has 1 saturated heterocycles. The maximum atomic E-state index is 12.4. The summed E-state index contributed by atoms with van der Waals surface area (Å²) >= 11 is 6.19. The van der Waals surface area contributed by atoms with Crippen molar-refractivity contribution in [3.63, 3.8) is 0 Å². The van der Waals surface area contributed by atoms with Crippen molar-refractivity contribution in [2.24, 2.45) is 0 Å². The Balaban J connectivity index is 1.73. The number of carbonyl (C=O) groups is 1. The minimum Gasteiger partial charge on any atom is -0.325 e. The smallest absolute Gasteiger partial charge is 0.235 e. The third-order valence-corrected chi connectivity index (χ3v) is 6.67. The molecule has 0 saturated carbocycles. The molecule has 0 bridgehead atoms. The van der Waals surface area contributed by atoms with Gasteiger partial charge in [-0.1, -0.05) is 48.9 Å². The van der Waals surface area contributed by atoms with Gasteiger partial charge in [0.05, 0.1) is 22.2 Å². The van der Waals surface area contributed by atoms with Crippen molar-refractivity contribution < 1.29 is 13.2 Å². The van der Waals surface area contributed by atoms with Crippen LogP contribution in [0.2, 0.25) is 5.02 Å². The lowest BCUT2D eigenvalue weighted by Crippen LogP contribution is -2.25. The quantitative estimate of drug-likeness (QED) is 0.835. The molecule has 1 N–H and O–H groups in total. The molecule has 1 atom stereocenters. The first-order chi connectivity index (χ1) is 12.4. The van der Waals surface area contributed by atoms with Gasteiger partial charge in [0.15, 0.2) is 0 Å². The standard InChI is InChI=1S/C19H21ClN2O3S/c1-14(15-6-3-2-4-7-15)12-19(23)21-18-13-16(8-9-17(18)20)22-10-5-11-26(22,24)25/h2-4,6-9,13-14H,5,10-12H2,1H3,(H,21,23). The Bertz CT molecular complexity index is 900.